The molecule has 6 heteroatoms. The van der Waals surface area contributed by atoms with Gasteiger partial charge in [0, 0.05) is 22.6 Å². The molecule has 7 rings (SSSR count). The van der Waals surface area contributed by atoms with Crippen molar-refractivity contribution >= 4 is 23.6 Å². The van der Waals surface area contributed by atoms with Crippen LogP contribution in [0.2, 0.25) is 0 Å². The van der Waals surface area contributed by atoms with Gasteiger partial charge in [-0.25, -0.2) is 0 Å². The van der Waals surface area contributed by atoms with Crippen LogP contribution in [0.25, 0.3) is 0 Å². The molecule has 0 N–H and O–H groups in total. The normalized spacial score (nSPS) is 22.0. The van der Waals surface area contributed by atoms with E-state index in [9.17, 15) is 14.4 Å². The minimum Gasteiger partial charge on any atom is -0.497 e. The summed E-state index contributed by atoms with van der Waals surface area (Å²) in [7, 11) is 1.58. The van der Waals surface area contributed by atoms with Crippen LogP contribution in [-0.2, 0) is 0 Å². The molecule has 3 aliphatic rings. The number of hydrogen-bond acceptors (Lipinski definition) is 6. The van der Waals surface area contributed by atoms with Crippen LogP contribution < -0.4 is 4.74 Å². The van der Waals surface area contributed by atoms with Gasteiger partial charge >= 0.3 is 0 Å². The van der Waals surface area contributed by atoms with Crippen LogP contribution in [-0.4, -0.2) is 41.7 Å². The van der Waals surface area contributed by atoms with E-state index in [4.69, 9.17) is 9.84 Å². The summed E-state index contributed by atoms with van der Waals surface area (Å²) in [4.78, 5) is 43.7. The minimum atomic E-state index is -1.58. The third-order valence-electron chi connectivity index (χ3n) is 8.38. The number of carbonyl (C=O) groups is 3. The van der Waals surface area contributed by atoms with Gasteiger partial charge in [0.1, 0.15) is 17.2 Å². The van der Waals surface area contributed by atoms with Crippen molar-refractivity contribution in [3.05, 3.63) is 137 Å². The Balaban J connectivity index is 1.55. The number of hydrazone groups is 1. The molecule has 1 spiro atoms. The van der Waals surface area contributed by atoms with E-state index in [1.807, 2.05) is 54.6 Å². The molecule has 0 radical (unpaired) electrons. The van der Waals surface area contributed by atoms with Crippen molar-refractivity contribution in [1.82, 2.24) is 5.01 Å². The molecule has 4 aromatic carbocycles. The van der Waals surface area contributed by atoms with Crippen molar-refractivity contribution in [2.45, 2.75) is 18.0 Å². The van der Waals surface area contributed by atoms with Gasteiger partial charge in [-0.1, -0.05) is 91.0 Å². The molecule has 190 valence electrons. The fourth-order valence-corrected chi connectivity index (χ4v) is 6.73. The lowest BCUT2D eigenvalue weighted by molar-refractivity contribution is 0.0586. The van der Waals surface area contributed by atoms with Crippen LogP contribution in [0.15, 0.2) is 108 Å². The molecule has 2 heterocycles. The Labute approximate surface area is 225 Å². The fraction of sp³-hybridized carbons (Fsp3) is 0.152. The number of methoxy groups -OCH3 is 1. The van der Waals surface area contributed by atoms with Gasteiger partial charge in [0.15, 0.2) is 17.3 Å². The van der Waals surface area contributed by atoms with Crippen molar-refractivity contribution in [3.63, 3.8) is 0 Å². The number of ketones is 3. The Kier molecular flexibility index (Phi) is 5.13. The van der Waals surface area contributed by atoms with E-state index >= 15 is 0 Å². The maximum atomic E-state index is 14.7. The Morgan fingerprint density at radius 2 is 1.41 bits per heavy atom. The van der Waals surface area contributed by atoms with Crippen LogP contribution in [0.4, 0.5) is 0 Å². The van der Waals surface area contributed by atoms with E-state index in [-0.39, 0.29) is 17.3 Å². The standard InChI is InChI=1S/C33H24N2O4/c1-39-23-17-15-20(16-18-23)27-28(29(36)21-9-3-2-4-10-21)35-30(24-12-6-5-11-22(24)19-34-35)33(27)31(37)25-13-7-8-14-26(25)32(33)38/h2-19,27-28,30H,1H3/t27-,28+,30?/m0/s1. The number of rotatable bonds is 4. The molecule has 3 atom stereocenters. The third kappa shape index (κ3) is 3.08. The quantitative estimate of drug-likeness (QED) is 0.267. The van der Waals surface area contributed by atoms with Crippen molar-refractivity contribution in [2.24, 2.45) is 10.5 Å². The van der Waals surface area contributed by atoms with Gasteiger partial charge in [-0.15, -0.1) is 0 Å². The molecule has 2 aliphatic heterocycles. The predicted octanol–water partition coefficient (Wildman–Crippen LogP) is 5.50. The van der Waals surface area contributed by atoms with E-state index in [2.05, 4.69) is 0 Å². The molecule has 1 fully saturated rings. The van der Waals surface area contributed by atoms with Gasteiger partial charge in [-0.3, -0.25) is 19.4 Å². The second-order valence-electron chi connectivity index (χ2n) is 10.2. The first-order valence-electron chi connectivity index (χ1n) is 12.9. The molecule has 4 aromatic rings. The molecule has 39 heavy (non-hydrogen) atoms. The van der Waals surface area contributed by atoms with Gasteiger partial charge in [0.2, 0.25) is 0 Å². The Bertz CT molecular complexity index is 1640. The highest BCUT2D eigenvalue weighted by molar-refractivity contribution is 6.31. The zero-order chi connectivity index (χ0) is 26.7. The monoisotopic (exact) mass is 512 g/mol. The summed E-state index contributed by atoms with van der Waals surface area (Å²) in [6, 6.07) is 29.3. The van der Waals surface area contributed by atoms with Crippen molar-refractivity contribution in [3.8, 4) is 5.75 Å². The van der Waals surface area contributed by atoms with Crippen LogP contribution in [0.5, 0.6) is 5.75 Å². The maximum Gasteiger partial charge on any atom is 0.187 e. The van der Waals surface area contributed by atoms with Gasteiger partial charge in [0.25, 0.3) is 0 Å². The average Bonchev–Trinajstić information content (AvgIpc) is 3.43. The van der Waals surface area contributed by atoms with E-state index in [0.717, 1.165) is 11.1 Å². The summed E-state index contributed by atoms with van der Waals surface area (Å²) < 4.78 is 5.39. The summed E-state index contributed by atoms with van der Waals surface area (Å²) in [5.74, 6) is -0.878. The van der Waals surface area contributed by atoms with Crippen molar-refractivity contribution in [2.75, 3.05) is 7.11 Å². The smallest absolute Gasteiger partial charge is 0.187 e. The molecule has 1 unspecified atom stereocenters. The van der Waals surface area contributed by atoms with E-state index in [1.165, 1.54) is 0 Å². The van der Waals surface area contributed by atoms with Crippen molar-refractivity contribution < 1.29 is 19.1 Å². The summed E-state index contributed by atoms with van der Waals surface area (Å²) in [5, 5.41) is 6.50. The molecule has 0 amide bonds. The van der Waals surface area contributed by atoms with Gasteiger partial charge < -0.3 is 4.74 Å². The van der Waals surface area contributed by atoms with E-state index in [1.54, 1.807) is 66.9 Å². The lowest BCUT2D eigenvalue weighted by Gasteiger charge is -2.36. The van der Waals surface area contributed by atoms with E-state index < -0.39 is 23.4 Å². The maximum absolute atomic E-state index is 14.7. The summed E-state index contributed by atoms with van der Waals surface area (Å²) in [6.07, 6.45) is 1.72. The Morgan fingerprint density at radius 3 is 2.08 bits per heavy atom. The van der Waals surface area contributed by atoms with Crippen LogP contribution >= 0.6 is 0 Å². The zero-order valence-electron chi connectivity index (χ0n) is 21.2. The topological polar surface area (TPSA) is 76.0 Å². The third-order valence-corrected chi connectivity index (χ3v) is 8.38. The first-order valence-corrected chi connectivity index (χ1v) is 12.9. The first kappa shape index (κ1) is 23.3. The highest BCUT2D eigenvalue weighted by Gasteiger charge is 2.72. The first-order chi connectivity index (χ1) is 19.1. The number of Topliss-reactive ketones (excluding diaryl/α,β-unsaturated/α-hetero) is 3. The lowest BCUT2D eigenvalue weighted by atomic mass is 9.63. The van der Waals surface area contributed by atoms with Crippen LogP contribution in [0, 0.1) is 5.41 Å². The van der Waals surface area contributed by atoms with Gasteiger partial charge in [0.05, 0.1) is 19.4 Å². The summed E-state index contributed by atoms with van der Waals surface area (Å²) >= 11 is 0. The molecule has 0 saturated carbocycles. The number of fused-ring (bicyclic) bond motifs is 5. The fourth-order valence-electron chi connectivity index (χ4n) is 6.73. The minimum absolute atomic E-state index is 0.189. The molecular formula is C33H24N2O4. The summed E-state index contributed by atoms with van der Waals surface area (Å²) in [6.45, 7) is 0. The second kappa shape index (κ2) is 8.60. The number of carbonyl (C=O) groups excluding carboxylic acids is 3. The van der Waals surface area contributed by atoms with Gasteiger partial charge in [-0.05, 0) is 28.8 Å². The van der Waals surface area contributed by atoms with Crippen LogP contribution in [0.1, 0.15) is 59.7 Å². The molecule has 0 bridgehead atoms. The Hall–Kier alpha value is -4.84. The zero-order valence-corrected chi connectivity index (χ0v) is 21.2. The number of nitrogens with zero attached hydrogens (tertiary/aromatic N) is 2. The number of hydrogen-bond donors (Lipinski definition) is 0. The van der Waals surface area contributed by atoms with E-state index in [0.29, 0.717) is 28.0 Å². The SMILES string of the molecule is COc1ccc([C@H]2[C@H](C(=O)c3ccccc3)N3N=Cc4ccccc4C3C23C(=O)c2ccccc2C3=O)cc1. The predicted molar refractivity (Wildman–Crippen MR) is 146 cm³/mol. The largest absolute Gasteiger partial charge is 0.497 e. The van der Waals surface area contributed by atoms with Crippen molar-refractivity contribution in [1.29, 1.82) is 0 Å². The highest BCUT2D eigenvalue weighted by Crippen LogP contribution is 2.64. The molecule has 0 aromatic heterocycles. The second-order valence-corrected chi connectivity index (χ2v) is 10.2. The van der Waals surface area contributed by atoms with Crippen LogP contribution in [0.3, 0.4) is 0 Å². The molecule has 1 aliphatic carbocycles. The lowest BCUT2D eigenvalue weighted by Crippen LogP contribution is -2.43. The number of benzene rings is 4. The average molecular weight is 513 g/mol. The van der Waals surface area contributed by atoms with Gasteiger partial charge in [-0.2, -0.15) is 5.10 Å². The molecule has 6 nitrogen and oxygen atoms in total. The Morgan fingerprint density at radius 1 is 0.795 bits per heavy atom. The summed E-state index contributed by atoms with van der Waals surface area (Å²) in [5.41, 5.74) is 2.05. The highest BCUT2D eigenvalue weighted by atomic mass is 16.5. The number of ether oxygens (including phenoxy) is 1. The molecule has 1 saturated heterocycles. The molecular weight excluding hydrogens is 488 g/mol.